The number of nitrogens with one attached hydrogen (secondary N) is 1. The molecule has 2 heterocycles. The van der Waals surface area contributed by atoms with Crippen LogP contribution in [0.25, 0.3) is 21.9 Å². The summed E-state index contributed by atoms with van der Waals surface area (Å²) in [6.45, 7) is 3.49. The first-order valence-electron chi connectivity index (χ1n) is 8.23. The van der Waals surface area contributed by atoms with E-state index in [2.05, 4.69) is 10.4 Å². The summed E-state index contributed by atoms with van der Waals surface area (Å²) in [4.78, 5) is 25.0. The van der Waals surface area contributed by atoms with Gasteiger partial charge in [0.2, 0.25) is 0 Å². The number of para-hydroxylation sites is 1. The Morgan fingerprint density at radius 3 is 2.62 bits per heavy atom. The molecule has 0 radical (unpaired) electrons. The van der Waals surface area contributed by atoms with Crippen LogP contribution in [0.15, 0.2) is 51.7 Å². The molecule has 0 saturated carbocycles. The summed E-state index contributed by atoms with van der Waals surface area (Å²) in [6.07, 6.45) is 0. The summed E-state index contributed by atoms with van der Waals surface area (Å²) in [5, 5.41) is 8.89. The van der Waals surface area contributed by atoms with E-state index in [0.717, 1.165) is 16.4 Å². The first-order chi connectivity index (χ1) is 12.5. The second-order valence-corrected chi connectivity index (χ2v) is 6.28. The van der Waals surface area contributed by atoms with Crippen LogP contribution in [0.3, 0.4) is 0 Å². The van der Waals surface area contributed by atoms with Gasteiger partial charge < -0.3 is 9.73 Å². The van der Waals surface area contributed by atoms with Crippen molar-refractivity contribution in [1.82, 2.24) is 9.78 Å². The lowest BCUT2D eigenvalue weighted by Gasteiger charge is -2.10. The molecule has 0 spiro atoms. The van der Waals surface area contributed by atoms with Gasteiger partial charge in [-0.3, -0.25) is 9.59 Å². The van der Waals surface area contributed by atoms with E-state index < -0.39 is 11.5 Å². The topological polar surface area (TPSA) is 77.1 Å². The summed E-state index contributed by atoms with van der Waals surface area (Å²) >= 11 is 0. The normalized spacial score (nSPS) is 11.2. The average molecular weight is 347 g/mol. The van der Waals surface area contributed by atoms with Crippen molar-refractivity contribution in [2.45, 2.75) is 13.8 Å². The molecule has 0 aliphatic heterocycles. The number of rotatable bonds is 2. The molecule has 0 fully saturated rings. The summed E-state index contributed by atoms with van der Waals surface area (Å²) in [5.41, 5.74) is 2.94. The highest BCUT2D eigenvalue weighted by molar-refractivity contribution is 6.08. The predicted octanol–water partition coefficient (Wildman–Crippen LogP) is 3.55. The van der Waals surface area contributed by atoms with E-state index in [4.69, 9.17) is 4.42 Å². The Morgan fingerprint density at radius 2 is 1.81 bits per heavy atom. The van der Waals surface area contributed by atoms with E-state index in [0.29, 0.717) is 22.5 Å². The summed E-state index contributed by atoms with van der Waals surface area (Å²) in [5.74, 6) is -0.455. The molecule has 0 atom stereocenters. The molecule has 130 valence electrons. The fourth-order valence-corrected chi connectivity index (χ4v) is 3.11. The molecule has 6 heteroatoms. The number of anilines is 1. The van der Waals surface area contributed by atoms with E-state index in [1.54, 1.807) is 26.0 Å². The van der Waals surface area contributed by atoms with Gasteiger partial charge in [0.05, 0.1) is 5.69 Å². The van der Waals surface area contributed by atoms with Gasteiger partial charge in [0.15, 0.2) is 0 Å². The molecule has 0 aliphatic carbocycles. The van der Waals surface area contributed by atoms with Crippen LogP contribution in [-0.4, -0.2) is 15.7 Å². The molecule has 6 nitrogen and oxygen atoms in total. The van der Waals surface area contributed by atoms with Crippen LogP contribution in [0.1, 0.15) is 21.6 Å². The predicted molar refractivity (Wildman–Crippen MR) is 101 cm³/mol. The SMILES string of the molecule is Cc1nn(C)c(=O)c(C(=O)Nc2ccc3c(c2)oc2ccccc23)c1C. The number of benzene rings is 2. The molecule has 26 heavy (non-hydrogen) atoms. The monoisotopic (exact) mass is 347 g/mol. The van der Waals surface area contributed by atoms with E-state index in [-0.39, 0.29) is 5.56 Å². The molecular weight excluding hydrogens is 330 g/mol. The Bertz CT molecular complexity index is 1230. The Morgan fingerprint density at radius 1 is 1.08 bits per heavy atom. The Balaban J connectivity index is 1.75. The molecule has 4 aromatic rings. The number of hydrogen-bond donors (Lipinski definition) is 1. The van der Waals surface area contributed by atoms with Crippen molar-refractivity contribution in [1.29, 1.82) is 0 Å². The van der Waals surface area contributed by atoms with E-state index in [9.17, 15) is 9.59 Å². The minimum atomic E-state index is -0.455. The molecule has 1 N–H and O–H groups in total. The zero-order valence-electron chi connectivity index (χ0n) is 14.7. The summed E-state index contributed by atoms with van der Waals surface area (Å²) in [7, 11) is 1.53. The van der Waals surface area contributed by atoms with Crippen molar-refractivity contribution in [2.75, 3.05) is 5.32 Å². The number of amides is 1. The fraction of sp³-hybridized carbons (Fsp3) is 0.150. The molecule has 2 aromatic heterocycles. The average Bonchev–Trinajstić information content (AvgIpc) is 2.98. The van der Waals surface area contributed by atoms with Gasteiger partial charge in [-0.2, -0.15) is 5.10 Å². The van der Waals surface area contributed by atoms with Gasteiger partial charge in [0, 0.05) is 29.6 Å². The van der Waals surface area contributed by atoms with Crippen molar-refractivity contribution < 1.29 is 9.21 Å². The van der Waals surface area contributed by atoms with E-state index in [1.165, 1.54) is 11.7 Å². The Kier molecular flexibility index (Phi) is 3.61. The second-order valence-electron chi connectivity index (χ2n) is 6.28. The zero-order valence-corrected chi connectivity index (χ0v) is 14.7. The fourth-order valence-electron chi connectivity index (χ4n) is 3.11. The van der Waals surface area contributed by atoms with Crippen molar-refractivity contribution in [2.24, 2.45) is 7.05 Å². The molecule has 0 saturated heterocycles. The van der Waals surface area contributed by atoms with Crippen LogP contribution in [0.2, 0.25) is 0 Å². The van der Waals surface area contributed by atoms with Crippen LogP contribution in [0, 0.1) is 13.8 Å². The van der Waals surface area contributed by atoms with Crippen LogP contribution in [0.4, 0.5) is 5.69 Å². The lowest BCUT2D eigenvalue weighted by Crippen LogP contribution is -2.31. The third kappa shape index (κ3) is 2.47. The standard InChI is InChI=1S/C20H17N3O3/c1-11-12(2)22-23(3)20(25)18(11)19(24)21-13-8-9-15-14-6-4-5-7-16(14)26-17(15)10-13/h4-10H,1-3H3,(H,21,24). The van der Waals surface area contributed by atoms with Gasteiger partial charge in [-0.05, 0) is 37.6 Å². The van der Waals surface area contributed by atoms with Crippen molar-refractivity contribution in [3.05, 3.63) is 69.6 Å². The molecule has 0 unspecified atom stereocenters. The first kappa shape index (κ1) is 16.1. The number of aromatic nitrogens is 2. The van der Waals surface area contributed by atoms with Gasteiger partial charge in [-0.1, -0.05) is 18.2 Å². The maximum Gasteiger partial charge on any atom is 0.279 e. The lowest BCUT2D eigenvalue weighted by atomic mass is 10.1. The number of aryl methyl sites for hydroxylation is 2. The largest absolute Gasteiger partial charge is 0.456 e. The summed E-state index contributed by atoms with van der Waals surface area (Å²) in [6, 6.07) is 13.2. The zero-order chi connectivity index (χ0) is 18.4. The molecule has 1 amide bonds. The third-order valence-corrected chi connectivity index (χ3v) is 4.59. The first-order valence-corrected chi connectivity index (χ1v) is 8.23. The Hall–Kier alpha value is -3.41. The molecule has 0 bridgehead atoms. The van der Waals surface area contributed by atoms with Gasteiger partial charge in [0.1, 0.15) is 16.7 Å². The van der Waals surface area contributed by atoms with Crippen molar-refractivity contribution >= 4 is 33.5 Å². The van der Waals surface area contributed by atoms with Crippen LogP contribution in [0.5, 0.6) is 0 Å². The van der Waals surface area contributed by atoms with Gasteiger partial charge in [0.25, 0.3) is 11.5 Å². The highest BCUT2D eigenvalue weighted by atomic mass is 16.3. The van der Waals surface area contributed by atoms with Crippen LogP contribution in [-0.2, 0) is 7.05 Å². The van der Waals surface area contributed by atoms with Gasteiger partial charge >= 0.3 is 0 Å². The van der Waals surface area contributed by atoms with E-state index >= 15 is 0 Å². The molecule has 4 rings (SSSR count). The number of fused-ring (bicyclic) bond motifs is 3. The van der Waals surface area contributed by atoms with Crippen LogP contribution < -0.4 is 10.9 Å². The lowest BCUT2D eigenvalue weighted by molar-refractivity contribution is 0.102. The van der Waals surface area contributed by atoms with Gasteiger partial charge in [-0.15, -0.1) is 0 Å². The molecule has 2 aromatic carbocycles. The summed E-state index contributed by atoms with van der Waals surface area (Å²) < 4.78 is 7.02. The maximum atomic E-state index is 12.7. The number of hydrogen-bond acceptors (Lipinski definition) is 4. The highest BCUT2D eigenvalue weighted by Gasteiger charge is 2.18. The minimum absolute atomic E-state index is 0.102. The number of furan rings is 1. The minimum Gasteiger partial charge on any atom is -0.456 e. The molecule has 0 aliphatic rings. The Labute approximate surface area is 149 Å². The smallest absolute Gasteiger partial charge is 0.279 e. The van der Waals surface area contributed by atoms with Crippen molar-refractivity contribution in [3.8, 4) is 0 Å². The molecular formula is C20H17N3O3. The number of nitrogens with zero attached hydrogens (tertiary/aromatic N) is 2. The quantitative estimate of drug-likeness (QED) is 0.601. The van der Waals surface area contributed by atoms with Crippen LogP contribution >= 0.6 is 0 Å². The highest BCUT2D eigenvalue weighted by Crippen LogP contribution is 2.30. The maximum absolute atomic E-state index is 12.7. The third-order valence-electron chi connectivity index (χ3n) is 4.59. The van der Waals surface area contributed by atoms with E-state index in [1.807, 2.05) is 30.3 Å². The number of carbonyl (C=O) groups is 1. The van der Waals surface area contributed by atoms with Crippen molar-refractivity contribution in [3.63, 3.8) is 0 Å². The second kappa shape index (κ2) is 5.84. The van der Waals surface area contributed by atoms with Gasteiger partial charge in [-0.25, -0.2) is 4.68 Å². The number of carbonyl (C=O) groups excluding carboxylic acids is 1.